The van der Waals surface area contributed by atoms with Crippen molar-refractivity contribution in [1.29, 1.82) is 0 Å². The van der Waals surface area contributed by atoms with E-state index >= 15 is 0 Å². The molecule has 2 atom stereocenters. The van der Waals surface area contributed by atoms with Gasteiger partial charge in [0.2, 0.25) is 0 Å². The number of carboxylic acids is 1. The number of anilines is 1. The predicted octanol–water partition coefficient (Wildman–Crippen LogP) is 3.79. The quantitative estimate of drug-likeness (QED) is 0.806. The molecule has 2 aromatic rings. The topological polar surface area (TPSA) is 53.0 Å². The van der Waals surface area contributed by atoms with Crippen molar-refractivity contribution in [2.45, 2.75) is 31.8 Å². The van der Waals surface area contributed by atoms with Gasteiger partial charge in [-0.1, -0.05) is 24.3 Å². The van der Waals surface area contributed by atoms with Crippen LogP contribution >= 0.6 is 0 Å². The molecule has 2 unspecified atom stereocenters. The van der Waals surface area contributed by atoms with Gasteiger partial charge in [-0.3, -0.25) is 9.69 Å². The molecule has 0 aromatic heterocycles. The summed E-state index contributed by atoms with van der Waals surface area (Å²) in [6.07, 6.45) is 1.58. The Morgan fingerprint density at radius 1 is 1.22 bits per heavy atom. The SMILES string of the molecule is CCOc1cccc(C(c2ccc(N(C)C)cc2)N2CCCC2C(=O)O)c1. The van der Waals surface area contributed by atoms with Crippen LogP contribution < -0.4 is 9.64 Å². The first-order valence-corrected chi connectivity index (χ1v) is 9.50. The summed E-state index contributed by atoms with van der Waals surface area (Å²) in [6, 6.07) is 15.8. The summed E-state index contributed by atoms with van der Waals surface area (Å²) in [5, 5.41) is 9.71. The molecular weight excluding hydrogens is 340 g/mol. The number of hydrogen-bond donors (Lipinski definition) is 1. The molecule has 1 heterocycles. The summed E-state index contributed by atoms with van der Waals surface area (Å²) in [4.78, 5) is 16.0. The van der Waals surface area contributed by atoms with Crippen LogP contribution in [0.15, 0.2) is 48.5 Å². The standard InChI is InChI=1S/C22H28N2O3/c1-4-27-19-8-5-7-17(15-19)21(24-14-6-9-20(24)22(25)26)16-10-12-18(13-11-16)23(2)3/h5,7-8,10-13,15,20-21H,4,6,9,14H2,1-3H3,(H,25,26). The number of rotatable bonds is 7. The fourth-order valence-electron chi connectivity index (χ4n) is 3.83. The van der Waals surface area contributed by atoms with Crippen molar-refractivity contribution in [1.82, 2.24) is 4.90 Å². The molecule has 3 rings (SSSR count). The Morgan fingerprint density at radius 2 is 1.96 bits per heavy atom. The molecule has 1 fully saturated rings. The first-order chi connectivity index (χ1) is 13.0. The Hall–Kier alpha value is -2.53. The Kier molecular flexibility index (Phi) is 6.01. The molecule has 1 saturated heterocycles. The fraction of sp³-hybridized carbons (Fsp3) is 0.409. The zero-order valence-electron chi connectivity index (χ0n) is 16.3. The van der Waals surface area contributed by atoms with Crippen molar-refractivity contribution in [2.75, 3.05) is 32.1 Å². The van der Waals surface area contributed by atoms with E-state index in [1.54, 1.807) is 0 Å². The Labute approximate surface area is 161 Å². The molecule has 0 spiro atoms. The Bertz CT molecular complexity index is 773. The van der Waals surface area contributed by atoms with Crippen LogP contribution in [0.1, 0.15) is 36.9 Å². The Morgan fingerprint density at radius 3 is 2.59 bits per heavy atom. The summed E-state index contributed by atoms with van der Waals surface area (Å²) in [7, 11) is 4.03. The Balaban J connectivity index is 2.03. The van der Waals surface area contributed by atoms with E-state index in [1.807, 2.05) is 39.2 Å². The van der Waals surface area contributed by atoms with Crippen LogP contribution in [0.3, 0.4) is 0 Å². The van der Waals surface area contributed by atoms with E-state index in [0.717, 1.165) is 35.5 Å². The molecular formula is C22H28N2O3. The van der Waals surface area contributed by atoms with Crippen molar-refractivity contribution in [3.05, 3.63) is 59.7 Å². The van der Waals surface area contributed by atoms with Crippen molar-refractivity contribution in [2.24, 2.45) is 0 Å². The van der Waals surface area contributed by atoms with Crippen LogP contribution in [0.4, 0.5) is 5.69 Å². The number of aliphatic carboxylic acids is 1. The second-order valence-corrected chi connectivity index (χ2v) is 7.13. The molecule has 2 aromatic carbocycles. The molecule has 1 N–H and O–H groups in total. The minimum absolute atomic E-state index is 0.106. The van der Waals surface area contributed by atoms with E-state index in [-0.39, 0.29) is 6.04 Å². The number of likely N-dealkylation sites (tertiary alicyclic amines) is 1. The third-order valence-electron chi connectivity index (χ3n) is 5.12. The van der Waals surface area contributed by atoms with Crippen molar-refractivity contribution in [3.63, 3.8) is 0 Å². The highest BCUT2D eigenvalue weighted by Crippen LogP contribution is 2.36. The molecule has 144 valence electrons. The third kappa shape index (κ3) is 4.25. The minimum Gasteiger partial charge on any atom is -0.494 e. The van der Waals surface area contributed by atoms with Gasteiger partial charge < -0.3 is 14.7 Å². The maximum atomic E-state index is 11.8. The van der Waals surface area contributed by atoms with Gasteiger partial charge in [-0.25, -0.2) is 0 Å². The molecule has 5 heteroatoms. The van der Waals surface area contributed by atoms with Crippen LogP contribution in [0.2, 0.25) is 0 Å². The first-order valence-electron chi connectivity index (χ1n) is 9.50. The lowest BCUT2D eigenvalue weighted by atomic mass is 9.95. The van der Waals surface area contributed by atoms with Gasteiger partial charge in [0.25, 0.3) is 0 Å². The normalized spacial score (nSPS) is 18.3. The summed E-state index contributed by atoms with van der Waals surface area (Å²) >= 11 is 0. The van der Waals surface area contributed by atoms with Gasteiger partial charge in [-0.05, 0) is 55.2 Å². The maximum Gasteiger partial charge on any atom is 0.320 e. The van der Waals surface area contributed by atoms with Gasteiger partial charge in [-0.15, -0.1) is 0 Å². The van der Waals surface area contributed by atoms with Crippen molar-refractivity contribution < 1.29 is 14.6 Å². The van der Waals surface area contributed by atoms with Crippen LogP contribution in [-0.2, 0) is 4.79 Å². The molecule has 0 aliphatic carbocycles. The van der Waals surface area contributed by atoms with Gasteiger partial charge in [-0.2, -0.15) is 0 Å². The van der Waals surface area contributed by atoms with E-state index in [1.165, 1.54) is 0 Å². The van der Waals surface area contributed by atoms with E-state index in [2.05, 4.69) is 40.1 Å². The monoisotopic (exact) mass is 368 g/mol. The number of nitrogens with zero attached hydrogens (tertiary/aromatic N) is 2. The highest BCUT2D eigenvalue weighted by Gasteiger charge is 2.36. The van der Waals surface area contributed by atoms with Crippen molar-refractivity contribution in [3.8, 4) is 5.75 Å². The molecule has 1 aliphatic heterocycles. The van der Waals surface area contributed by atoms with Gasteiger partial charge in [0.15, 0.2) is 0 Å². The molecule has 1 aliphatic rings. The highest BCUT2D eigenvalue weighted by atomic mass is 16.5. The first kappa shape index (κ1) is 19.2. The second-order valence-electron chi connectivity index (χ2n) is 7.13. The number of benzene rings is 2. The summed E-state index contributed by atoms with van der Waals surface area (Å²) in [6.45, 7) is 3.34. The van der Waals surface area contributed by atoms with Gasteiger partial charge in [0.1, 0.15) is 11.8 Å². The zero-order valence-corrected chi connectivity index (χ0v) is 16.3. The molecule has 0 saturated carbocycles. The van der Waals surface area contributed by atoms with Gasteiger partial charge in [0, 0.05) is 26.3 Å². The largest absolute Gasteiger partial charge is 0.494 e. The highest BCUT2D eigenvalue weighted by molar-refractivity contribution is 5.74. The zero-order chi connectivity index (χ0) is 19.4. The predicted molar refractivity (Wildman–Crippen MR) is 108 cm³/mol. The minimum atomic E-state index is -0.747. The lowest BCUT2D eigenvalue weighted by Crippen LogP contribution is -2.39. The van der Waals surface area contributed by atoms with E-state index < -0.39 is 12.0 Å². The van der Waals surface area contributed by atoms with Crippen molar-refractivity contribution >= 4 is 11.7 Å². The molecule has 27 heavy (non-hydrogen) atoms. The maximum absolute atomic E-state index is 11.8. The van der Waals surface area contributed by atoms with E-state index in [4.69, 9.17) is 4.74 Å². The van der Waals surface area contributed by atoms with Gasteiger partial charge >= 0.3 is 5.97 Å². The summed E-state index contributed by atoms with van der Waals surface area (Å²) in [5.74, 6) is 0.0689. The van der Waals surface area contributed by atoms with E-state index in [0.29, 0.717) is 13.0 Å². The summed E-state index contributed by atoms with van der Waals surface area (Å²) in [5.41, 5.74) is 3.28. The summed E-state index contributed by atoms with van der Waals surface area (Å²) < 4.78 is 5.68. The second kappa shape index (κ2) is 8.44. The van der Waals surface area contributed by atoms with Crippen LogP contribution in [-0.4, -0.2) is 49.3 Å². The smallest absolute Gasteiger partial charge is 0.320 e. The number of carbonyl (C=O) groups is 1. The lowest BCUT2D eigenvalue weighted by Gasteiger charge is -2.32. The number of ether oxygens (including phenoxy) is 1. The molecule has 0 bridgehead atoms. The van der Waals surface area contributed by atoms with Crippen LogP contribution in [0, 0.1) is 0 Å². The molecule has 5 nitrogen and oxygen atoms in total. The molecule has 0 radical (unpaired) electrons. The van der Waals surface area contributed by atoms with Crippen LogP contribution in [0.25, 0.3) is 0 Å². The fourth-order valence-corrected chi connectivity index (χ4v) is 3.83. The number of hydrogen-bond acceptors (Lipinski definition) is 4. The average Bonchev–Trinajstić information content (AvgIpc) is 3.13. The van der Waals surface area contributed by atoms with E-state index in [9.17, 15) is 9.90 Å². The average molecular weight is 368 g/mol. The van der Waals surface area contributed by atoms with Gasteiger partial charge in [0.05, 0.1) is 12.6 Å². The lowest BCUT2D eigenvalue weighted by molar-refractivity contribution is -0.142. The molecule has 0 amide bonds. The number of carboxylic acid groups (broad SMARTS) is 1. The van der Waals surface area contributed by atoms with Crippen LogP contribution in [0.5, 0.6) is 5.75 Å². The third-order valence-corrected chi connectivity index (χ3v) is 5.12.